The molecule has 5 aromatic carbocycles. The molecule has 30 heavy (non-hydrogen) atoms. The monoisotopic (exact) mass is 384 g/mol. The molecule has 2 N–H and O–H groups in total. The lowest BCUT2D eigenvalue weighted by atomic mass is 9.95. The Bertz CT molecular complexity index is 1870. The topological polar surface area (TPSA) is 48.6 Å². The van der Waals surface area contributed by atoms with Gasteiger partial charge >= 0.3 is 0 Å². The summed E-state index contributed by atoms with van der Waals surface area (Å²) in [5, 5.41) is 9.73. The van der Waals surface area contributed by atoms with E-state index in [1.54, 1.807) is 0 Å². The van der Waals surface area contributed by atoms with E-state index in [1.807, 2.05) is 18.2 Å². The Morgan fingerprint density at radius 2 is 1.10 bits per heavy atom. The lowest BCUT2D eigenvalue weighted by molar-refractivity contribution is 1.36. The number of aromatic nitrogens is 2. The highest BCUT2D eigenvalue weighted by Gasteiger charge is 2.18. The minimum absolute atomic E-state index is 0.0516. The van der Waals surface area contributed by atoms with Crippen molar-refractivity contribution in [2.45, 2.75) is 0 Å². The zero-order chi connectivity index (χ0) is 19.8. The van der Waals surface area contributed by atoms with Gasteiger partial charge in [-0.3, -0.25) is 4.79 Å². The van der Waals surface area contributed by atoms with Crippen molar-refractivity contribution in [1.82, 2.24) is 9.97 Å². The van der Waals surface area contributed by atoms with Gasteiger partial charge in [0.05, 0.1) is 11.0 Å². The zero-order valence-corrected chi connectivity index (χ0v) is 16.0. The number of rotatable bonds is 0. The fourth-order valence-corrected chi connectivity index (χ4v) is 5.08. The molecule has 3 nitrogen and oxygen atoms in total. The lowest BCUT2D eigenvalue weighted by Crippen LogP contribution is -2.06. The molecule has 0 saturated carbocycles. The van der Waals surface area contributed by atoms with E-state index in [2.05, 4.69) is 76.7 Å². The Labute approximate surface area is 170 Å². The minimum Gasteiger partial charge on any atom is -0.354 e. The molecule has 0 radical (unpaired) electrons. The maximum absolute atomic E-state index is 13.0. The van der Waals surface area contributed by atoms with Crippen molar-refractivity contribution in [2.24, 2.45) is 0 Å². The number of hydrogen-bond donors (Lipinski definition) is 2. The summed E-state index contributed by atoms with van der Waals surface area (Å²) in [7, 11) is 0. The third-order valence-electron chi connectivity index (χ3n) is 6.33. The van der Waals surface area contributed by atoms with Crippen LogP contribution in [0.25, 0.3) is 65.0 Å². The van der Waals surface area contributed by atoms with Crippen molar-refractivity contribution >= 4 is 65.0 Å². The van der Waals surface area contributed by atoms with Gasteiger partial charge in [0.25, 0.3) is 5.56 Å². The van der Waals surface area contributed by atoms with Crippen molar-refractivity contribution in [2.75, 3.05) is 0 Å². The molecule has 0 spiro atoms. The molecule has 0 aliphatic carbocycles. The molecule has 0 fully saturated rings. The number of fused-ring (bicyclic) bond motifs is 12. The van der Waals surface area contributed by atoms with Crippen molar-refractivity contribution in [3.63, 3.8) is 0 Å². The minimum atomic E-state index is -0.0516. The summed E-state index contributed by atoms with van der Waals surface area (Å²) in [6.45, 7) is 0. The molecule has 140 valence electrons. The molecular weight excluding hydrogens is 368 g/mol. The van der Waals surface area contributed by atoms with Gasteiger partial charge in [0.2, 0.25) is 0 Å². The zero-order valence-electron chi connectivity index (χ0n) is 16.0. The first-order valence-corrected chi connectivity index (χ1v) is 10.1. The van der Waals surface area contributed by atoms with Gasteiger partial charge in [-0.2, -0.15) is 0 Å². The molecule has 7 aromatic rings. The highest BCUT2D eigenvalue weighted by Crippen LogP contribution is 2.41. The Morgan fingerprint density at radius 3 is 1.90 bits per heavy atom. The lowest BCUT2D eigenvalue weighted by Gasteiger charge is -2.10. The Morgan fingerprint density at radius 1 is 0.467 bits per heavy atom. The molecule has 0 bridgehead atoms. The smallest absolute Gasteiger partial charge is 0.256 e. The van der Waals surface area contributed by atoms with E-state index in [4.69, 9.17) is 0 Å². The molecule has 2 heterocycles. The number of aromatic amines is 2. The Kier molecular flexibility index (Phi) is 2.88. The fraction of sp³-hybridized carbons (Fsp3) is 0. The average Bonchev–Trinajstić information content (AvgIpc) is 3.20. The largest absolute Gasteiger partial charge is 0.354 e. The van der Waals surface area contributed by atoms with Gasteiger partial charge in [-0.1, -0.05) is 72.8 Å². The summed E-state index contributed by atoms with van der Waals surface area (Å²) in [4.78, 5) is 19.9. The van der Waals surface area contributed by atoms with Gasteiger partial charge in [0, 0.05) is 32.4 Å². The van der Waals surface area contributed by atoms with Crippen LogP contribution in [-0.4, -0.2) is 9.97 Å². The molecule has 2 aromatic heterocycles. The van der Waals surface area contributed by atoms with E-state index < -0.39 is 0 Å². The van der Waals surface area contributed by atoms with Crippen LogP contribution in [-0.2, 0) is 0 Å². The van der Waals surface area contributed by atoms with Crippen LogP contribution in [0.4, 0.5) is 0 Å². The van der Waals surface area contributed by atoms with E-state index >= 15 is 0 Å². The molecule has 0 aliphatic heterocycles. The van der Waals surface area contributed by atoms with Crippen LogP contribution in [0.1, 0.15) is 0 Å². The quantitative estimate of drug-likeness (QED) is 0.284. The summed E-state index contributed by atoms with van der Waals surface area (Å²) >= 11 is 0. The second-order valence-electron chi connectivity index (χ2n) is 7.88. The van der Waals surface area contributed by atoms with Crippen molar-refractivity contribution in [3.8, 4) is 0 Å². The second-order valence-corrected chi connectivity index (χ2v) is 7.88. The van der Waals surface area contributed by atoms with Gasteiger partial charge in [-0.05, 0) is 33.7 Å². The van der Waals surface area contributed by atoms with E-state index in [0.717, 1.165) is 54.3 Å². The van der Waals surface area contributed by atoms with Crippen LogP contribution >= 0.6 is 0 Å². The van der Waals surface area contributed by atoms with Crippen LogP contribution in [0, 0.1) is 0 Å². The first-order chi connectivity index (χ1) is 14.8. The Hall–Kier alpha value is -4.11. The first kappa shape index (κ1) is 15.8. The van der Waals surface area contributed by atoms with Crippen molar-refractivity contribution in [1.29, 1.82) is 0 Å². The number of nitrogens with one attached hydrogen (secondary N) is 2. The predicted molar refractivity (Wildman–Crippen MR) is 126 cm³/mol. The molecule has 0 aliphatic rings. The van der Waals surface area contributed by atoms with Crippen LogP contribution < -0.4 is 5.56 Å². The summed E-state index contributed by atoms with van der Waals surface area (Å²) in [6, 6.07) is 29.0. The average molecular weight is 384 g/mol. The fourth-order valence-electron chi connectivity index (χ4n) is 5.08. The molecule has 0 saturated heterocycles. The van der Waals surface area contributed by atoms with Crippen molar-refractivity contribution in [3.05, 3.63) is 95.3 Å². The van der Waals surface area contributed by atoms with Gasteiger partial charge in [0.15, 0.2) is 0 Å². The second kappa shape index (κ2) is 5.49. The number of pyridine rings is 1. The summed E-state index contributed by atoms with van der Waals surface area (Å²) in [5.41, 5.74) is 2.99. The molecule has 0 unspecified atom stereocenters. The highest BCUT2D eigenvalue weighted by atomic mass is 16.1. The number of benzene rings is 5. The van der Waals surface area contributed by atoms with Gasteiger partial charge in [0.1, 0.15) is 0 Å². The third-order valence-corrected chi connectivity index (χ3v) is 6.33. The number of H-pyrrole nitrogens is 2. The van der Waals surface area contributed by atoms with Crippen LogP contribution in [0.5, 0.6) is 0 Å². The van der Waals surface area contributed by atoms with Crippen LogP contribution in [0.3, 0.4) is 0 Å². The van der Waals surface area contributed by atoms with Crippen LogP contribution in [0.15, 0.2) is 89.7 Å². The highest BCUT2D eigenvalue weighted by molar-refractivity contribution is 6.37. The van der Waals surface area contributed by atoms with E-state index in [9.17, 15) is 4.79 Å². The van der Waals surface area contributed by atoms with E-state index in [-0.39, 0.29) is 5.56 Å². The maximum atomic E-state index is 13.0. The normalized spacial score (nSPS) is 12.1. The van der Waals surface area contributed by atoms with E-state index in [1.165, 1.54) is 10.8 Å². The third kappa shape index (κ3) is 1.87. The van der Waals surface area contributed by atoms with Gasteiger partial charge in [-0.25, -0.2) is 0 Å². The van der Waals surface area contributed by atoms with Crippen LogP contribution in [0.2, 0.25) is 0 Å². The molecular formula is C27H16N2O. The number of hydrogen-bond acceptors (Lipinski definition) is 1. The molecule has 3 heteroatoms. The molecule has 7 rings (SSSR count). The first-order valence-electron chi connectivity index (χ1n) is 10.1. The van der Waals surface area contributed by atoms with Gasteiger partial charge < -0.3 is 9.97 Å². The van der Waals surface area contributed by atoms with E-state index in [0.29, 0.717) is 0 Å². The summed E-state index contributed by atoms with van der Waals surface area (Å²) < 4.78 is 0. The Balaban J connectivity index is 1.93. The molecule has 0 atom stereocenters. The van der Waals surface area contributed by atoms with Gasteiger partial charge in [-0.15, -0.1) is 0 Å². The van der Waals surface area contributed by atoms with Crippen molar-refractivity contribution < 1.29 is 0 Å². The SMILES string of the molecule is O=c1[nH]c2c(c3ccccc13)c1ccccc1c1[nH]c3ccc4ccccc4c3c12. The summed E-state index contributed by atoms with van der Waals surface area (Å²) in [5.74, 6) is 0. The summed E-state index contributed by atoms with van der Waals surface area (Å²) in [6.07, 6.45) is 0. The maximum Gasteiger partial charge on any atom is 0.256 e. The predicted octanol–water partition coefficient (Wildman–Crippen LogP) is 6.62. The standard InChI is InChI=1S/C27H16N2O/c30-27-20-12-6-4-10-18(20)22-17-9-3-5-11-19(17)25-24(26(22)29-27)23-16-8-2-1-7-15(16)13-14-21(23)28-25/h1-14,28H,(H,29,30). The molecule has 0 amide bonds.